The van der Waals surface area contributed by atoms with E-state index in [-0.39, 0.29) is 17.2 Å². The molecule has 0 aliphatic rings. The highest BCUT2D eigenvalue weighted by Crippen LogP contribution is 2.18. The van der Waals surface area contributed by atoms with Gasteiger partial charge >= 0.3 is 0 Å². The zero-order valence-corrected chi connectivity index (χ0v) is 19.1. The second-order valence-corrected chi connectivity index (χ2v) is 9.43. The molecule has 168 valence electrons. The molecule has 3 aromatic carbocycles. The summed E-state index contributed by atoms with van der Waals surface area (Å²) in [6, 6.07) is 19.2. The van der Waals surface area contributed by atoms with Crippen LogP contribution in [0.4, 0.5) is 15.8 Å². The van der Waals surface area contributed by atoms with Crippen molar-refractivity contribution in [1.82, 2.24) is 4.90 Å². The van der Waals surface area contributed by atoms with Crippen molar-refractivity contribution in [3.05, 3.63) is 89.7 Å². The molecule has 1 amide bonds. The number of anilines is 2. The van der Waals surface area contributed by atoms with Gasteiger partial charge in [-0.15, -0.1) is 0 Å². The highest BCUT2D eigenvalue weighted by atomic mass is 32.2. The molecule has 0 saturated heterocycles. The third kappa shape index (κ3) is 6.07. The molecule has 0 atom stereocenters. The third-order valence-corrected chi connectivity index (χ3v) is 6.38. The lowest BCUT2D eigenvalue weighted by atomic mass is 10.1. The smallest absolute Gasteiger partial charge is 0.261 e. The van der Waals surface area contributed by atoms with Gasteiger partial charge in [0.05, 0.1) is 11.3 Å². The van der Waals surface area contributed by atoms with E-state index in [1.807, 2.05) is 43.3 Å². The summed E-state index contributed by atoms with van der Waals surface area (Å²) in [6.45, 7) is 0.502. The Labute approximate surface area is 188 Å². The average Bonchev–Trinajstić information content (AvgIpc) is 2.75. The van der Waals surface area contributed by atoms with E-state index in [1.165, 1.54) is 12.1 Å². The Morgan fingerprint density at radius 1 is 0.844 bits per heavy atom. The molecule has 3 aromatic rings. The van der Waals surface area contributed by atoms with Crippen molar-refractivity contribution in [1.29, 1.82) is 0 Å². The fourth-order valence-electron chi connectivity index (χ4n) is 3.09. The number of carbonyl (C=O) groups is 1. The molecule has 0 aliphatic carbocycles. The highest BCUT2D eigenvalue weighted by molar-refractivity contribution is 7.92. The summed E-state index contributed by atoms with van der Waals surface area (Å²) in [4.78, 5) is 16.2. The zero-order chi connectivity index (χ0) is 23.3. The van der Waals surface area contributed by atoms with Crippen LogP contribution in [-0.2, 0) is 27.8 Å². The molecule has 6 nitrogen and oxygen atoms in total. The molecule has 0 bridgehead atoms. The van der Waals surface area contributed by atoms with Gasteiger partial charge in [0, 0.05) is 39.1 Å². The van der Waals surface area contributed by atoms with E-state index in [9.17, 15) is 17.6 Å². The van der Waals surface area contributed by atoms with Crippen LogP contribution in [0.5, 0.6) is 0 Å². The maximum Gasteiger partial charge on any atom is 0.261 e. The molecule has 1 N–H and O–H groups in total. The topological polar surface area (TPSA) is 69.7 Å². The lowest BCUT2D eigenvalue weighted by Crippen LogP contribution is -2.27. The van der Waals surface area contributed by atoms with E-state index >= 15 is 0 Å². The SMILES string of the molecule is CN(Cc1ccc(N(C)C)cc1)C(=O)Cc1ccc(NS(=O)(=O)c2ccc(F)cc2)cc1. The minimum absolute atomic E-state index is 0.0293. The van der Waals surface area contributed by atoms with Crippen LogP contribution in [0.1, 0.15) is 11.1 Å². The van der Waals surface area contributed by atoms with Gasteiger partial charge in [0.25, 0.3) is 10.0 Å². The molecule has 0 saturated carbocycles. The summed E-state index contributed by atoms with van der Waals surface area (Å²) in [6.07, 6.45) is 0.206. The Kier molecular flexibility index (Phi) is 7.15. The van der Waals surface area contributed by atoms with E-state index in [0.29, 0.717) is 12.2 Å². The molecule has 0 heterocycles. The quantitative estimate of drug-likeness (QED) is 0.560. The number of carbonyl (C=O) groups excluding carboxylic acids is 1. The molecule has 0 unspecified atom stereocenters. The Balaban J connectivity index is 1.58. The Morgan fingerprint density at radius 3 is 1.97 bits per heavy atom. The summed E-state index contributed by atoms with van der Waals surface area (Å²) in [7, 11) is 1.89. The number of likely N-dealkylation sites (N-methyl/N-ethyl adjacent to an activating group) is 1. The predicted molar refractivity (Wildman–Crippen MR) is 125 cm³/mol. The van der Waals surface area contributed by atoms with Gasteiger partial charge in [-0.05, 0) is 59.7 Å². The monoisotopic (exact) mass is 455 g/mol. The van der Waals surface area contributed by atoms with Crippen molar-refractivity contribution < 1.29 is 17.6 Å². The van der Waals surface area contributed by atoms with Crippen molar-refractivity contribution in [2.45, 2.75) is 17.9 Å². The number of hydrogen-bond donors (Lipinski definition) is 1. The first kappa shape index (κ1) is 23.3. The van der Waals surface area contributed by atoms with Crippen LogP contribution >= 0.6 is 0 Å². The first-order chi connectivity index (χ1) is 15.1. The van der Waals surface area contributed by atoms with Gasteiger partial charge in [-0.25, -0.2) is 12.8 Å². The molecular formula is C24H26FN3O3S. The van der Waals surface area contributed by atoms with Crippen LogP contribution in [0.3, 0.4) is 0 Å². The molecular weight excluding hydrogens is 429 g/mol. The van der Waals surface area contributed by atoms with E-state index < -0.39 is 15.8 Å². The van der Waals surface area contributed by atoms with Gasteiger partial charge < -0.3 is 9.80 Å². The molecule has 3 rings (SSSR count). The largest absolute Gasteiger partial charge is 0.378 e. The highest BCUT2D eigenvalue weighted by Gasteiger charge is 2.15. The lowest BCUT2D eigenvalue weighted by Gasteiger charge is -2.18. The van der Waals surface area contributed by atoms with E-state index in [1.54, 1.807) is 36.2 Å². The predicted octanol–water partition coefficient (Wildman–Crippen LogP) is 3.89. The zero-order valence-electron chi connectivity index (χ0n) is 18.2. The van der Waals surface area contributed by atoms with Crippen molar-refractivity contribution in [3.8, 4) is 0 Å². The molecule has 0 aromatic heterocycles. The summed E-state index contributed by atoms with van der Waals surface area (Å²) >= 11 is 0. The summed E-state index contributed by atoms with van der Waals surface area (Å²) in [5, 5.41) is 0. The summed E-state index contributed by atoms with van der Waals surface area (Å²) < 4.78 is 40.3. The number of rotatable bonds is 8. The maximum absolute atomic E-state index is 13.0. The number of benzene rings is 3. The van der Waals surface area contributed by atoms with Crippen molar-refractivity contribution in [2.75, 3.05) is 30.8 Å². The molecule has 32 heavy (non-hydrogen) atoms. The second kappa shape index (κ2) is 9.82. The fraction of sp³-hybridized carbons (Fsp3) is 0.208. The first-order valence-corrected chi connectivity index (χ1v) is 11.5. The van der Waals surface area contributed by atoms with Gasteiger partial charge in [0.2, 0.25) is 5.91 Å². The van der Waals surface area contributed by atoms with Crippen LogP contribution in [-0.4, -0.2) is 40.4 Å². The Morgan fingerprint density at radius 2 is 1.41 bits per heavy atom. The Hall–Kier alpha value is -3.39. The lowest BCUT2D eigenvalue weighted by molar-refractivity contribution is -0.129. The summed E-state index contributed by atoms with van der Waals surface area (Å²) in [5.74, 6) is -0.546. The van der Waals surface area contributed by atoms with Gasteiger partial charge in [0.1, 0.15) is 5.82 Å². The van der Waals surface area contributed by atoms with Crippen LogP contribution in [0.2, 0.25) is 0 Å². The number of nitrogens with one attached hydrogen (secondary N) is 1. The van der Waals surface area contributed by atoms with Gasteiger partial charge in [0.15, 0.2) is 0 Å². The molecule has 0 fully saturated rings. The Bertz CT molecular complexity index is 1160. The van der Waals surface area contributed by atoms with E-state index in [4.69, 9.17) is 0 Å². The van der Waals surface area contributed by atoms with Gasteiger partial charge in [-0.1, -0.05) is 24.3 Å². The molecule has 0 spiro atoms. The fourth-order valence-corrected chi connectivity index (χ4v) is 4.15. The van der Waals surface area contributed by atoms with E-state index in [0.717, 1.165) is 28.9 Å². The minimum Gasteiger partial charge on any atom is -0.378 e. The second-order valence-electron chi connectivity index (χ2n) is 7.74. The number of amides is 1. The summed E-state index contributed by atoms with van der Waals surface area (Å²) in [5.41, 5.74) is 3.27. The minimum atomic E-state index is -3.82. The van der Waals surface area contributed by atoms with Crippen LogP contribution in [0, 0.1) is 5.82 Å². The van der Waals surface area contributed by atoms with E-state index in [2.05, 4.69) is 4.72 Å². The number of nitrogens with zero attached hydrogens (tertiary/aromatic N) is 2. The van der Waals surface area contributed by atoms with Crippen LogP contribution in [0.25, 0.3) is 0 Å². The molecule has 0 radical (unpaired) electrons. The average molecular weight is 456 g/mol. The third-order valence-electron chi connectivity index (χ3n) is 4.98. The van der Waals surface area contributed by atoms with Crippen LogP contribution < -0.4 is 9.62 Å². The normalized spacial score (nSPS) is 11.1. The first-order valence-electron chi connectivity index (χ1n) is 10.0. The van der Waals surface area contributed by atoms with Crippen LogP contribution in [0.15, 0.2) is 77.7 Å². The number of hydrogen-bond acceptors (Lipinski definition) is 4. The van der Waals surface area contributed by atoms with Crippen molar-refractivity contribution in [3.63, 3.8) is 0 Å². The maximum atomic E-state index is 13.0. The molecule has 8 heteroatoms. The van der Waals surface area contributed by atoms with Crippen molar-refractivity contribution >= 4 is 27.3 Å². The molecule has 0 aliphatic heterocycles. The number of halogens is 1. The van der Waals surface area contributed by atoms with Gasteiger partial charge in [-0.3, -0.25) is 9.52 Å². The standard InChI is InChI=1S/C24H26FN3O3S/c1-27(2)22-12-6-19(7-13-22)17-28(3)24(29)16-18-4-10-21(11-5-18)26-32(30,31)23-14-8-20(25)9-15-23/h4-15,26H,16-17H2,1-3H3. The van der Waals surface area contributed by atoms with Gasteiger partial charge in [-0.2, -0.15) is 0 Å². The van der Waals surface area contributed by atoms with Crippen molar-refractivity contribution in [2.24, 2.45) is 0 Å². The number of sulfonamides is 1.